The molecule has 1 rings (SSSR count). The summed E-state index contributed by atoms with van der Waals surface area (Å²) in [5.74, 6) is 0.141. The molecule has 0 aliphatic carbocycles. The molecule has 0 fully saturated rings. The molecule has 0 aliphatic heterocycles. The van der Waals surface area contributed by atoms with Crippen molar-refractivity contribution in [2.75, 3.05) is 0 Å². The Kier molecular flexibility index (Phi) is 3.54. The number of aliphatic hydroxyl groups excluding tert-OH is 1. The highest BCUT2D eigenvalue weighted by molar-refractivity contribution is 7.73. The van der Waals surface area contributed by atoms with E-state index in [1.807, 2.05) is 6.92 Å². The second-order valence-electron chi connectivity index (χ2n) is 3.09. The van der Waals surface area contributed by atoms with Crippen LogP contribution in [0.5, 0.6) is 0 Å². The van der Waals surface area contributed by atoms with Crippen molar-refractivity contribution >= 4 is 10.7 Å². The largest absolute Gasteiger partial charge is 0.384 e. The lowest BCUT2D eigenvalue weighted by Gasteiger charge is -2.11. The van der Waals surface area contributed by atoms with Crippen molar-refractivity contribution in [3.8, 4) is 0 Å². The number of rotatable bonds is 3. The molecule has 78 valence electrons. The van der Waals surface area contributed by atoms with Gasteiger partial charge in [-0.3, -0.25) is 0 Å². The van der Waals surface area contributed by atoms with Crippen LogP contribution in [0.15, 0.2) is 12.4 Å². The van der Waals surface area contributed by atoms with Crippen molar-refractivity contribution in [3.05, 3.63) is 23.8 Å². The quantitative estimate of drug-likeness (QED) is 0.685. The van der Waals surface area contributed by atoms with Crippen LogP contribution in [0, 0.1) is 6.92 Å². The molecular weight excluding hydrogens is 204 g/mol. The van der Waals surface area contributed by atoms with Crippen molar-refractivity contribution in [1.82, 2.24) is 9.97 Å². The fourth-order valence-electron chi connectivity index (χ4n) is 0.886. The SMILES string of the molecule is Cc1cnc([C@H](O)[C@H](C)[SH](=O)=O)nc1. The van der Waals surface area contributed by atoms with E-state index in [2.05, 4.69) is 9.97 Å². The van der Waals surface area contributed by atoms with E-state index in [9.17, 15) is 13.5 Å². The van der Waals surface area contributed by atoms with Gasteiger partial charge in [0.15, 0.2) is 5.82 Å². The molecule has 0 spiro atoms. The molecule has 0 aromatic carbocycles. The summed E-state index contributed by atoms with van der Waals surface area (Å²) in [5, 5.41) is 8.67. The molecule has 0 amide bonds. The lowest BCUT2D eigenvalue weighted by Crippen LogP contribution is -2.18. The molecule has 0 saturated heterocycles. The third-order valence-corrected chi connectivity index (χ3v) is 2.80. The maximum atomic E-state index is 10.6. The third kappa shape index (κ3) is 2.49. The molecule has 0 bridgehead atoms. The number of aliphatic hydroxyl groups is 1. The van der Waals surface area contributed by atoms with Crippen LogP contribution in [0.4, 0.5) is 0 Å². The predicted molar refractivity (Wildman–Crippen MR) is 51.5 cm³/mol. The predicted octanol–water partition coefficient (Wildman–Crippen LogP) is -0.182. The molecule has 6 heteroatoms. The molecule has 14 heavy (non-hydrogen) atoms. The minimum absolute atomic E-state index is 0.141. The Labute approximate surface area is 83.8 Å². The Balaban J connectivity index is 2.89. The first-order chi connectivity index (χ1) is 6.52. The van der Waals surface area contributed by atoms with E-state index < -0.39 is 22.1 Å². The molecule has 0 radical (unpaired) electrons. The summed E-state index contributed by atoms with van der Waals surface area (Å²) in [7, 11) is -2.66. The zero-order valence-corrected chi connectivity index (χ0v) is 8.81. The lowest BCUT2D eigenvalue weighted by atomic mass is 10.2. The van der Waals surface area contributed by atoms with E-state index in [0.717, 1.165) is 5.56 Å². The zero-order valence-electron chi connectivity index (χ0n) is 7.91. The average Bonchev–Trinajstić information content (AvgIpc) is 2.16. The maximum absolute atomic E-state index is 10.6. The molecule has 1 N–H and O–H groups in total. The monoisotopic (exact) mass is 216 g/mol. The van der Waals surface area contributed by atoms with Crippen molar-refractivity contribution in [3.63, 3.8) is 0 Å². The molecule has 1 aromatic rings. The van der Waals surface area contributed by atoms with E-state index in [0.29, 0.717) is 0 Å². The van der Waals surface area contributed by atoms with Gasteiger partial charge in [-0.25, -0.2) is 18.4 Å². The van der Waals surface area contributed by atoms with Gasteiger partial charge in [0.05, 0.1) is 5.25 Å². The van der Waals surface area contributed by atoms with Gasteiger partial charge in [0.25, 0.3) is 0 Å². The van der Waals surface area contributed by atoms with E-state index in [-0.39, 0.29) is 5.82 Å². The average molecular weight is 216 g/mol. The van der Waals surface area contributed by atoms with Gasteiger partial charge in [-0.2, -0.15) is 0 Å². The lowest BCUT2D eigenvalue weighted by molar-refractivity contribution is 0.167. The summed E-state index contributed by atoms with van der Waals surface area (Å²) < 4.78 is 21.2. The number of nitrogens with zero attached hydrogens (tertiary/aromatic N) is 2. The summed E-state index contributed by atoms with van der Waals surface area (Å²) >= 11 is 0. The molecule has 0 aliphatic rings. The minimum atomic E-state index is -2.66. The van der Waals surface area contributed by atoms with Gasteiger partial charge in [-0.15, -0.1) is 0 Å². The Morgan fingerprint density at radius 1 is 1.36 bits per heavy atom. The summed E-state index contributed by atoms with van der Waals surface area (Å²) in [6.45, 7) is 3.23. The molecule has 2 atom stereocenters. The molecule has 1 aromatic heterocycles. The van der Waals surface area contributed by atoms with Gasteiger partial charge in [0.2, 0.25) is 0 Å². The van der Waals surface area contributed by atoms with Crippen molar-refractivity contribution in [2.24, 2.45) is 0 Å². The van der Waals surface area contributed by atoms with Gasteiger partial charge >= 0.3 is 0 Å². The summed E-state index contributed by atoms with van der Waals surface area (Å²) in [6, 6.07) is 0. The van der Waals surface area contributed by atoms with Crippen LogP contribution in [0.25, 0.3) is 0 Å². The molecule has 1 heterocycles. The maximum Gasteiger partial charge on any atom is 0.158 e. The van der Waals surface area contributed by atoms with Gasteiger partial charge in [-0.1, -0.05) is 0 Å². The Morgan fingerprint density at radius 2 is 1.86 bits per heavy atom. The van der Waals surface area contributed by atoms with Gasteiger partial charge in [0.1, 0.15) is 16.8 Å². The van der Waals surface area contributed by atoms with Crippen LogP contribution < -0.4 is 0 Å². The molecule has 5 nitrogen and oxygen atoms in total. The molecule has 0 saturated carbocycles. The molecular formula is C8H12N2O3S. The molecule has 0 unspecified atom stereocenters. The number of aryl methyl sites for hydroxylation is 1. The normalized spacial score (nSPS) is 15.4. The van der Waals surface area contributed by atoms with Gasteiger partial charge in [-0.05, 0) is 19.4 Å². The number of hydrogen-bond donors (Lipinski definition) is 2. The highest BCUT2D eigenvalue weighted by Gasteiger charge is 2.20. The fourth-order valence-corrected chi connectivity index (χ4v) is 1.25. The smallest absolute Gasteiger partial charge is 0.158 e. The van der Waals surface area contributed by atoms with E-state index in [1.54, 1.807) is 0 Å². The summed E-state index contributed by atoms with van der Waals surface area (Å²) in [4.78, 5) is 7.71. The van der Waals surface area contributed by atoms with Gasteiger partial charge < -0.3 is 5.11 Å². The van der Waals surface area contributed by atoms with Crippen molar-refractivity contribution in [2.45, 2.75) is 25.2 Å². The Bertz CT molecular complexity index is 367. The second-order valence-corrected chi connectivity index (χ2v) is 4.47. The summed E-state index contributed by atoms with van der Waals surface area (Å²) in [6.07, 6.45) is 1.92. The minimum Gasteiger partial charge on any atom is -0.384 e. The first-order valence-corrected chi connectivity index (χ1v) is 5.37. The Morgan fingerprint density at radius 3 is 2.29 bits per heavy atom. The summed E-state index contributed by atoms with van der Waals surface area (Å²) in [5.41, 5.74) is 0.861. The van der Waals surface area contributed by atoms with Crippen LogP contribution in [-0.4, -0.2) is 28.7 Å². The van der Waals surface area contributed by atoms with Crippen LogP contribution in [0.3, 0.4) is 0 Å². The van der Waals surface area contributed by atoms with Crippen LogP contribution in [-0.2, 0) is 10.7 Å². The zero-order chi connectivity index (χ0) is 10.7. The first-order valence-electron chi connectivity index (χ1n) is 4.12. The van der Waals surface area contributed by atoms with Gasteiger partial charge in [0, 0.05) is 12.4 Å². The third-order valence-electron chi connectivity index (χ3n) is 1.85. The topological polar surface area (TPSA) is 80.2 Å². The van der Waals surface area contributed by atoms with E-state index in [4.69, 9.17) is 0 Å². The number of thiol groups is 1. The highest BCUT2D eigenvalue weighted by Crippen LogP contribution is 2.13. The van der Waals surface area contributed by atoms with E-state index >= 15 is 0 Å². The van der Waals surface area contributed by atoms with Crippen LogP contribution >= 0.6 is 0 Å². The van der Waals surface area contributed by atoms with Crippen LogP contribution in [0.2, 0.25) is 0 Å². The Hall–Kier alpha value is -1.01. The van der Waals surface area contributed by atoms with Crippen LogP contribution in [0.1, 0.15) is 24.4 Å². The number of hydrogen-bond acceptors (Lipinski definition) is 5. The highest BCUT2D eigenvalue weighted by atomic mass is 32.2. The number of aromatic nitrogens is 2. The van der Waals surface area contributed by atoms with Crippen molar-refractivity contribution < 1.29 is 13.5 Å². The van der Waals surface area contributed by atoms with E-state index in [1.165, 1.54) is 19.3 Å². The first kappa shape index (κ1) is 11.1. The second kappa shape index (κ2) is 4.47. The standard InChI is InChI=1S/C8H12N2O3S/c1-5-3-9-8(10-4-5)7(11)6(2)14(12)13/h3-4,6-7,11,14H,1-2H3/t6-,7+/m0/s1. The fraction of sp³-hybridized carbons (Fsp3) is 0.500. The van der Waals surface area contributed by atoms with Crippen molar-refractivity contribution in [1.29, 1.82) is 0 Å².